The lowest BCUT2D eigenvalue weighted by Gasteiger charge is -2.10. The van der Waals surface area contributed by atoms with E-state index in [4.69, 9.17) is 11.2 Å². The summed E-state index contributed by atoms with van der Waals surface area (Å²) in [6.07, 6.45) is 5.25. The predicted octanol–water partition coefficient (Wildman–Crippen LogP) is 4.60. The minimum Gasteiger partial charge on any atom is -0.480 e. The van der Waals surface area contributed by atoms with Gasteiger partial charge in [0, 0.05) is 29.9 Å². The molecule has 7 heteroatoms. The molecule has 0 radical (unpaired) electrons. The molecule has 7 nitrogen and oxygen atoms in total. The average Bonchev–Trinajstić information content (AvgIpc) is 3.23. The monoisotopic (exact) mass is 450 g/mol. The first-order valence-corrected chi connectivity index (χ1v) is 10.5. The number of carbonyl (C=O) groups is 2. The molecule has 4 aromatic rings. The third-order valence-corrected chi connectivity index (χ3v) is 5.04. The van der Waals surface area contributed by atoms with Crippen molar-refractivity contribution in [2.45, 2.75) is 0 Å². The number of terminal acetylenes is 1. The van der Waals surface area contributed by atoms with Crippen molar-refractivity contribution >= 4 is 23.3 Å². The van der Waals surface area contributed by atoms with Crippen molar-refractivity contribution in [2.24, 2.45) is 7.05 Å². The van der Waals surface area contributed by atoms with Crippen LogP contribution in [-0.2, 0) is 7.05 Å². The van der Waals surface area contributed by atoms with E-state index in [1.807, 2.05) is 30.3 Å². The number of hydrogen-bond donors (Lipinski definition) is 2. The molecule has 3 aromatic carbocycles. The molecule has 168 valence electrons. The molecule has 2 amide bonds. The summed E-state index contributed by atoms with van der Waals surface area (Å²) in [6, 6.07) is 25.0. The van der Waals surface area contributed by atoms with E-state index in [0.29, 0.717) is 34.1 Å². The molecule has 0 aliphatic carbocycles. The Kier molecular flexibility index (Phi) is 6.70. The van der Waals surface area contributed by atoms with Crippen LogP contribution >= 0.6 is 0 Å². The zero-order chi connectivity index (χ0) is 23.9. The van der Waals surface area contributed by atoms with Crippen molar-refractivity contribution < 1.29 is 14.3 Å². The topological polar surface area (TPSA) is 85.3 Å². The summed E-state index contributed by atoms with van der Waals surface area (Å²) >= 11 is 0. The van der Waals surface area contributed by atoms with Crippen LogP contribution in [0.4, 0.5) is 11.5 Å². The van der Waals surface area contributed by atoms with Crippen LogP contribution in [0.3, 0.4) is 0 Å². The summed E-state index contributed by atoms with van der Waals surface area (Å²) in [5.41, 5.74) is 3.11. The molecule has 0 saturated carbocycles. The molecule has 0 fully saturated rings. The fourth-order valence-corrected chi connectivity index (χ4v) is 3.33. The second-order valence-electron chi connectivity index (χ2n) is 7.38. The number of aromatic nitrogens is 2. The molecular weight excluding hydrogens is 428 g/mol. The number of amides is 2. The molecule has 2 N–H and O–H groups in total. The van der Waals surface area contributed by atoms with E-state index in [-0.39, 0.29) is 18.4 Å². The highest BCUT2D eigenvalue weighted by Gasteiger charge is 2.14. The number of ether oxygens (including phenoxy) is 1. The van der Waals surface area contributed by atoms with E-state index < -0.39 is 0 Å². The first-order chi connectivity index (χ1) is 16.5. The van der Waals surface area contributed by atoms with Crippen molar-refractivity contribution in [1.82, 2.24) is 9.78 Å². The van der Waals surface area contributed by atoms with Crippen LogP contribution in [0.1, 0.15) is 20.7 Å². The van der Waals surface area contributed by atoms with Crippen molar-refractivity contribution in [3.63, 3.8) is 0 Å². The Bertz CT molecular complexity index is 1350. The Labute approximate surface area is 197 Å². The number of nitrogens with zero attached hydrogens (tertiary/aromatic N) is 2. The van der Waals surface area contributed by atoms with Crippen LogP contribution in [0.5, 0.6) is 5.75 Å². The molecule has 0 spiro atoms. The number of hydrogen-bond acceptors (Lipinski definition) is 4. The van der Waals surface area contributed by atoms with Gasteiger partial charge in [-0.25, -0.2) is 0 Å². The quantitative estimate of drug-likeness (QED) is 0.403. The molecular formula is C27H22N4O3. The third kappa shape index (κ3) is 5.14. The summed E-state index contributed by atoms with van der Waals surface area (Å²) in [4.78, 5) is 25.2. The van der Waals surface area contributed by atoms with Gasteiger partial charge in [-0.3, -0.25) is 14.3 Å². The summed E-state index contributed by atoms with van der Waals surface area (Å²) in [7, 11) is 1.76. The van der Waals surface area contributed by atoms with Crippen LogP contribution in [0.25, 0.3) is 11.3 Å². The molecule has 34 heavy (non-hydrogen) atoms. The Hall–Kier alpha value is -4.83. The molecule has 0 unspecified atom stereocenters. The van der Waals surface area contributed by atoms with Crippen LogP contribution in [0.15, 0.2) is 84.9 Å². The highest BCUT2D eigenvalue weighted by molar-refractivity contribution is 6.06. The average molecular weight is 450 g/mol. The molecule has 0 aliphatic heterocycles. The van der Waals surface area contributed by atoms with Gasteiger partial charge in [0.25, 0.3) is 11.8 Å². The smallest absolute Gasteiger partial charge is 0.259 e. The number of rotatable bonds is 7. The number of aryl methyl sites for hydroxylation is 1. The van der Waals surface area contributed by atoms with Crippen molar-refractivity contribution in [3.05, 3.63) is 96.1 Å². The molecule has 0 atom stereocenters. The van der Waals surface area contributed by atoms with E-state index in [0.717, 1.165) is 5.56 Å². The lowest BCUT2D eigenvalue weighted by Crippen LogP contribution is -2.14. The van der Waals surface area contributed by atoms with E-state index in [1.54, 1.807) is 66.3 Å². The fourth-order valence-electron chi connectivity index (χ4n) is 3.33. The maximum absolute atomic E-state index is 12.7. The van der Waals surface area contributed by atoms with E-state index in [2.05, 4.69) is 21.7 Å². The maximum atomic E-state index is 12.7. The van der Waals surface area contributed by atoms with Gasteiger partial charge >= 0.3 is 0 Å². The number of nitrogens with one attached hydrogen (secondary N) is 2. The van der Waals surface area contributed by atoms with E-state index >= 15 is 0 Å². The van der Waals surface area contributed by atoms with Crippen LogP contribution in [0, 0.1) is 12.3 Å². The summed E-state index contributed by atoms with van der Waals surface area (Å²) in [5.74, 6) is 2.88. The zero-order valence-corrected chi connectivity index (χ0v) is 18.5. The van der Waals surface area contributed by atoms with E-state index in [9.17, 15) is 9.59 Å². The van der Waals surface area contributed by atoms with Gasteiger partial charge < -0.3 is 15.4 Å². The summed E-state index contributed by atoms with van der Waals surface area (Å²) in [5, 5.41) is 10.2. The van der Waals surface area contributed by atoms with Gasteiger partial charge in [0.05, 0.1) is 11.3 Å². The molecule has 4 rings (SSSR count). The zero-order valence-electron chi connectivity index (χ0n) is 18.5. The molecule has 0 aliphatic rings. The predicted molar refractivity (Wildman–Crippen MR) is 132 cm³/mol. The van der Waals surface area contributed by atoms with Crippen molar-refractivity contribution in [3.8, 4) is 29.4 Å². The van der Waals surface area contributed by atoms with Gasteiger partial charge in [-0.1, -0.05) is 48.4 Å². The highest BCUT2D eigenvalue weighted by atomic mass is 16.5. The van der Waals surface area contributed by atoms with E-state index in [1.165, 1.54) is 0 Å². The van der Waals surface area contributed by atoms with Gasteiger partial charge in [0.2, 0.25) is 0 Å². The standard InChI is InChI=1S/C27H22N4O3/c1-3-17-34-24-12-8-7-11-22(24)27(33)28-21-15-13-19(14-16-21)23-18-25(31(2)30-23)29-26(32)20-9-5-4-6-10-20/h1,4-16,18H,17H2,2H3,(H,28,33)(H,29,32). The largest absolute Gasteiger partial charge is 0.480 e. The normalized spacial score (nSPS) is 10.2. The molecule has 0 bridgehead atoms. The van der Waals surface area contributed by atoms with Gasteiger partial charge in [0.15, 0.2) is 0 Å². The van der Waals surface area contributed by atoms with Gasteiger partial charge in [-0.2, -0.15) is 5.10 Å². The Morgan fingerprint density at radius 1 is 0.941 bits per heavy atom. The molecule has 0 saturated heterocycles. The van der Waals surface area contributed by atoms with Crippen LogP contribution in [-0.4, -0.2) is 28.2 Å². The Morgan fingerprint density at radius 2 is 1.65 bits per heavy atom. The molecule has 1 aromatic heterocycles. The SMILES string of the molecule is C#CCOc1ccccc1C(=O)Nc1ccc(-c2cc(NC(=O)c3ccccc3)n(C)n2)cc1. The number of carbonyl (C=O) groups excluding carboxylic acids is 2. The second kappa shape index (κ2) is 10.2. The Morgan fingerprint density at radius 3 is 2.38 bits per heavy atom. The first kappa shape index (κ1) is 22.4. The first-order valence-electron chi connectivity index (χ1n) is 10.5. The lowest BCUT2D eigenvalue weighted by molar-refractivity contribution is 0.101. The number of para-hydroxylation sites is 1. The summed E-state index contributed by atoms with van der Waals surface area (Å²) < 4.78 is 7.06. The number of benzene rings is 3. The van der Waals surface area contributed by atoms with Crippen LogP contribution < -0.4 is 15.4 Å². The van der Waals surface area contributed by atoms with Crippen molar-refractivity contribution in [1.29, 1.82) is 0 Å². The van der Waals surface area contributed by atoms with Gasteiger partial charge in [-0.15, -0.1) is 6.42 Å². The lowest BCUT2D eigenvalue weighted by atomic mass is 10.1. The second-order valence-corrected chi connectivity index (χ2v) is 7.38. The van der Waals surface area contributed by atoms with Crippen molar-refractivity contribution in [2.75, 3.05) is 17.2 Å². The maximum Gasteiger partial charge on any atom is 0.259 e. The molecule has 1 heterocycles. The number of anilines is 2. The van der Waals surface area contributed by atoms with Gasteiger partial charge in [-0.05, 0) is 36.4 Å². The third-order valence-electron chi connectivity index (χ3n) is 5.04. The minimum atomic E-state index is -0.302. The summed E-state index contributed by atoms with van der Waals surface area (Å²) in [6.45, 7) is 0.0802. The Balaban J connectivity index is 1.45. The minimum absolute atomic E-state index is 0.0802. The fraction of sp³-hybridized carbons (Fsp3) is 0.0741. The van der Waals surface area contributed by atoms with Crippen LogP contribution in [0.2, 0.25) is 0 Å². The highest BCUT2D eigenvalue weighted by Crippen LogP contribution is 2.25. The van der Waals surface area contributed by atoms with Gasteiger partial charge in [0.1, 0.15) is 18.2 Å².